The zero-order valence-electron chi connectivity index (χ0n) is 5.97. The van der Waals surface area contributed by atoms with Crippen molar-refractivity contribution < 1.29 is 19.1 Å². The molecule has 0 radical (unpaired) electrons. The van der Waals surface area contributed by atoms with Crippen LogP contribution in [0.4, 0.5) is 0 Å². The van der Waals surface area contributed by atoms with Gasteiger partial charge >= 0.3 is 0 Å². The van der Waals surface area contributed by atoms with Gasteiger partial charge in [-0.3, -0.25) is 14.6 Å². The molecule has 0 bridgehead atoms. The lowest BCUT2D eigenvalue weighted by Crippen LogP contribution is -1.92. The van der Waals surface area contributed by atoms with Crippen LogP contribution in [0.15, 0.2) is 18.5 Å². The van der Waals surface area contributed by atoms with E-state index in [-0.39, 0.29) is 24.4 Å². The minimum absolute atomic E-state index is 0.226. The first-order chi connectivity index (χ1) is 5.86. The van der Waals surface area contributed by atoms with Crippen molar-refractivity contribution in [1.29, 1.82) is 0 Å². The second-order valence-electron chi connectivity index (χ2n) is 1.78. The van der Waals surface area contributed by atoms with Crippen LogP contribution < -0.4 is 9.47 Å². The average Bonchev–Trinajstić information content (AvgIpc) is 2.06. The van der Waals surface area contributed by atoms with Crippen molar-refractivity contribution in [3.63, 3.8) is 0 Å². The van der Waals surface area contributed by atoms with Crippen LogP contribution in [0, 0.1) is 0 Å². The van der Waals surface area contributed by atoms with Gasteiger partial charge in [-0.05, 0) is 0 Å². The maximum absolute atomic E-state index is 9.88. The third kappa shape index (κ3) is 2.05. The Morgan fingerprint density at radius 3 is 2.00 bits per heavy atom. The lowest BCUT2D eigenvalue weighted by molar-refractivity contribution is -0.121. The fraction of sp³-hybridized carbons (Fsp3) is 0. The zero-order chi connectivity index (χ0) is 8.81. The van der Waals surface area contributed by atoms with E-state index >= 15 is 0 Å². The van der Waals surface area contributed by atoms with E-state index < -0.39 is 0 Å². The molecule has 0 aliphatic heterocycles. The molecular weight excluding hydrogens is 162 g/mol. The van der Waals surface area contributed by atoms with Gasteiger partial charge in [-0.25, -0.2) is 0 Å². The molecule has 0 saturated carbocycles. The van der Waals surface area contributed by atoms with Gasteiger partial charge in [0.15, 0.2) is 11.5 Å². The van der Waals surface area contributed by atoms with Crippen LogP contribution >= 0.6 is 0 Å². The molecular formula is C7H5NO4. The fourth-order valence-electron chi connectivity index (χ4n) is 0.639. The minimum Gasteiger partial charge on any atom is -0.427 e. The highest BCUT2D eigenvalue weighted by Gasteiger charge is 1.96. The summed E-state index contributed by atoms with van der Waals surface area (Å²) in [4.78, 5) is 23.4. The Balaban J connectivity index is 2.79. The van der Waals surface area contributed by atoms with Gasteiger partial charge in [-0.1, -0.05) is 0 Å². The molecule has 12 heavy (non-hydrogen) atoms. The Morgan fingerprint density at radius 1 is 1.08 bits per heavy atom. The molecule has 0 aromatic carbocycles. The van der Waals surface area contributed by atoms with Crippen molar-refractivity contribution in [2.24, 2.45) is 0 Å². The van der Waals surface area contributed by atoms with Gasteiger partial charge in [0.05, 0.1) is 12.4 Å². The maximum Gasteiger partial charge on any atom is 0.298 e. The summed E-state index contributed by atoms with van der Waals surface area (Å²) in [6, 6.07) is 1.37. The van der Waals surface area contributed by atoms with E-state index in [0.29, 0.717) is 0 Å². The Hall–Kier alpha value is -1.91. The molecule has 0 unspecified atom stereocenters. The van der Waals surface area contributed by atoms with Crippen LogP contribution in [-0.4, -0.2) is 17.9 Å². The van der Waals surface area contributed by atoms with Gasteiger partial charge in [0.25, 0.3) is 12.9 Å². The highest BCUT2D eigenvalue weighted by atomic mass is 16.5. The largest absolute Gasteiger partial charge is 0.427 e. The SMILES string of the molecule is O=COc1cncc(OC=O)c1. The molecule has 0 atom stereocenters. The van der Waals surface area contributed by atoms with E-state index in [1.54, 1.807) is 0 Å². The summed E-state index contributed by atoms with van der Waals surface area (Å²) >= 11 is 0. The second-order valence-corrected chi connectivity index (χ2v) is 1.78. The number of rotatable bonds is 4. The molecule has 1 heterocycles. The zero-order valence-corrected chi connectivity index (χ0v) is 5.97. The molecule has 0 N–H and O–H groups in total. The average molecular weight is 167 g/mol. The minimum atomic E-state index is 0.226. The Morgan fingerprint density at radius 2 is 1.58 bits per heavy atom. The molecule has 0 amide bonds. The quantitative estimate of drug-likeness (QED) is 0.597. The highest BCUT2D eigenvalue weighted by Crippen LogP contribution is 2.15. The number of hydrogen-bond donors (Lipinski definition) is 0. The summed E-state index contributed by atoms with van der Waals surface area (Å²) in [6.07, 6.45) is 2.65. The summed E-state index contributed by atoms with van der Waals surface area (Å²) in [7, 11) is 0. The van der Waals surface area contributed by atoms with E-state index in [1.807, 2.05) is 0 Å². The predicted molar refractivity (Wildman–Crippen MR) is 37.6 cm³/mol. The van der Waals surface area contributed by atoms with Crippen molar-refractivity contribution in [2.75, 3.05) is 0 Å². The number of nitrogens with zero attached hydrogens (tertiary/aromatic N) is 1. The number of hydrogen-bond acceptors (Lipinski definition) is 5. The van der Waals surface area contributed by atoms with Crippen molar-refractivity contribution >= 4 is 12.9 Å². The van der Waals surface area contributed by atoms with Crippen molar-refractivity contribution in [3.8, 4) is 11.5 Å². The van der Waals surface area contributed by atoms with Crippen LogP contribution in [0.5, 0.6) is 11.5 Å². The monoisotopic (exact) mass is 167 g/mol. The first-order valence-corrected chi connectivity index (χ1v) is 3.02. The van der Waals surface area contributed by atoms with Crippen LogP contribution in [-0.2, 0) is 9.59 Å². The van der Waals surface area contributed by atoms with Crippen molar-refractivity contribution in [1.82, 2.24) is 4.98 Å². The van der Waals surface area contributed by atoms with Gasteiger partial charge in [-0.15, -0.1) is 0 Å². The summed E-state index contributed by atoms with van der Waals surface area (Å²) in [5.74, 6) is 0.453. The molecule has 0 aliphatic carbocycles. The van der Waals surface area contributed by atoms with Gasteiger partial charge < -0.3 is 9.47 Å². The first kappa shape index (κ1) is 8.19. The summed E-state index contributed by atoms with van der Waals surface area (Å²) in [5, 5.41) is 0. The summed E-state index contributed by atoms with van der Waals surface area (Å²) in [5.41, 5.74) is 0. The Bertz CT molecular complexity index is 261. The highest BCUT2D eigenvalue weighted by molar-refractivity contribution is 5.48. The predicted octanol–water partition coefficient (Wildman–Crippen LogP) is 0.152. The van der Waals surface area contributed by atoms with Gasteiger partial charge in [0, 0.05) is 6.07 Å². The van der Waals surface area contributed by atoms with Gasteiger partial charge in [0.1, 0.15) is 0 Å². The van der Waals surface area contributed by atoms with E-state index in [0.717, 1.165) is 0 Å². The Kier molecular flexibility index (Phi) is 2.78. The molecule has 5 nitrogen and oxygen atoms in total. The fourth-order valence-corrected chi connectivity index (χ4v) is 0.639. The van der Waals surface area contributed by atoms with E-state index in [2.05, 4.69) is 14.5 Å². The van der Waals surface area contributed by atoms with Crippen LogP contribution in [0.25, 0.3) is 0 Å². The third-order valence-electron chi connectivity index (χ3n) is 1.06. The number of aromatic nitrogens is 1. The topological polar surface area (TPSA) is 65.5 Å². The number of carbonyl (C=O) groups is 2. The van der Waals surface area contributed by atoms with Gasteiger partial charge in [0.2, 0.25) is 0 Å². The van der Waals surface area contributed by atoms with Crippen LogP contribution in [0.1, 0.15) is 0 Å². The Labute approximate surface area is 67.9 Å². The molecule has 0 fully saturated rings. The van der Waals surface area contributed by atoms with E-state index in [9.17, 15) is 9.59 Å². The lowest BCUT2D eigenvalue weighted by atomic mass is 10.4. The van der Waals surface area contributed by atoms with Crippen LogP contribution in [0.2, 0.25) is 0 Å². The first-order valence-electron chi connectivity index (χ1n) is 3.02. The number of ether oxygens (including phenoxy) is 2. The molecule has 1 aromatic heterocycles. The third-order valence-corrected chi connectivity index (χ3v) is 1.06. The molecule has 0 aliphatic rings. The molecule has 1 rings (SSSR count). The molecule has 0 saturated heterocycles. The maximum atomic E-state index is 9.88. The number of pyridine rings is 1. The summed E-state index contributed by atoms with van der Waals surface area (Å²) in [6.45, 7) is 0.531. The summed E-state index contributed by atoms with van der Waals surface area (Å²) < 4.78 is 8.91. The van der Waals surface area contributed by atoms with Crippen molar-refractivity contribution in [2.45, 2.75) is 0 Å². The second kappa shape index (κ2) is 4.07. The lowest BCUT2D eigenvalue weighted by Gasteiger charge is -1.98. The molecule has 62 valence electrons. The van der Waals surface area contributed by atoms with Gasteiger partial charge in [-0.2, -0.15) is 0 Å². The van der Waals surface area contributed by atoms with E-state index in [1.165, 1.54) is 18.5 Å². The number of carbonyl (C=O) groups excluding carboxylic acids is 2. The standard InChI is InChI=1S/C7H5NO4/c9-4-11-6-1-7(12-5-10)3-8-2-6/h1-5H. The van der Waals surface area contributed by atoms with Crippen LogP contribution in [0.3, 0.4) is 0 Å². The van der Waals surface area contributed by atoms with Crippen molar-refractivity contribution in [3.05, 3.63) is 18.5 Å². The smallest absolute Gasteiger partial charge is 0.298 e. The van der Waals surface area contributed by atoms with E-state index in [4.69, 9.17) is 0 Å². The molecule has 1 aromatic rings. The molecule has 5 heteroatoms. The molecule has 0 spiro atoms. The normalized spacial score (nSPS) is 8.67.